The molecule has 1 aromatic carbocycles. The summed E-state index contributed by atoms with van der Waals surface area (Å²) in [6, 6.07) is 9.76. The van der Waals surface area contributed by atoms with E-state index in [9.17, 15) is 23.6 Å². The summed E-state index contributed by atoms with van der Waals surface area (Å²) in [6.07, 6.45) is 1.32. The molecule has 2 aromatic rings. The largest absolute Gasteiger partial charge is 0.342 e. The van der Waals surface area contributed by atoms with E-state index in [4.69, 9.17) is 0 Å². The first-order valence-electron chi connectivity index (χ1n) is 11.2. The lowest BCUT2D eigenvalue weighted by Crippen LogP contribution is -2.49. The SMILES string of the molecule is O=C(CCC1NC(=O)N(Cc2cccc(F)c2)C1=O)N1C[C@H]2C[C@@H](C1)c1cccc(=O)n1C2. The molecule has 4 heterocycles. The molecule has 0 radical (unpaired) electrons. The van der Waals surface area contributed by atoms with Crippen LogP contribution in [0, 0.1) is 11.7 Å². The highest BCUT2D eigenvalue weighted by atomic mass is 19.1. The van der Waals surface area contributed by atoms with Crippen molar-refractivity contribution in [3.05, 3.63) is 69.9 Å². The molecule has 3 atom stereocenters. The zero-order chi connectivity index (χ0) is 23.1. The summed E-state index contributed by atoms with van der Waals surface area (Å²) in [4.78, 5) is 53.0. The molecule has 5 rings (SSSR count). The first-order chi connectivity index (χ1) is 15.9. The van der Waals surface area contributed by atoms with Crippen LogP contribution in [0.25, 0.3) is 0 Å². The van der Waals surface area contributed by atoms with E-state index >= 15 is 0 Å². The molecule has 172 valence electrons. The summed E-state index contributed by atoms with van der Waals surface area (Å²) >= 11 is 0. The van der Waals surface area contributed by atoms with Crippen LogP contribution in [0.4, 0.5) is 9.18 Å². The van der Waals surface area contributed by atoms with Crippen molar-refractivity contribution >= 4 is 17.8 Å². The van der Waals surface area contributed by atoms with Crippen molar-refractivity contribution in [1.82, 2.24) is 19.7 Å². The number of hydrogen-bond acceptors (Lipinski definition) is 4. The molecular weight excluding hydrogens is 427 g/mol. The summed E-state index contributed by atoms with van der Waals surface area (Å²) in [5, 5.41) is 2.64. The molecule has 2 bridgehead atoms. The minimum Gasteiger partial charge on any atom is -0.342 e. The van der Waals surface area contributed by atoms with Crippen LogP contribution in [0.15, 0.2) is 47.3 Å². The van der Waals surface area contributed by atoms with E-state index in [2.05, 4.69) is 5.32 Å². The van der Waals surface area contributed by atoms with Gasteiger partial charge in [0.2, 0.25) is 5.91 Å². The lowest BCUT2D eigenvalue weighted by molar-refractivity contribution is -0.134. The summed E-state index contributed by atoms with van der Waals surface area (Å²) in [6.45, 7) is 1.74. The van der Waals surface area contributed by atoms with E-state index in [-0.39, 0.29) is 42.7 Å². The molecule has 3 aliphatic rings. The molecule has 4 amide bonds. The van der Waals surface area contributed by atoms with Crippen molar-refractivity contribution < 1.29 is 18.8 Å². The maximum absolute atomic E-state index is 13.4. The van der Waals surface area contributed by atoms with E-state index in [1.54, 1.807) is 18.2 Å². The maximum atomic E-state index is 13.4. The Bertz CT molecular complexity index is 1180. The molecule has 2 saturated heterocycles. The van der Waals surface area contributed by atoms with E-state index in [1.165, 1.54) is 18.2 Å². The van der Waals surface area contributed by atoms with E-state index < -0.39 is 23.8 Å². The highest BCUT2D eigenvalue weighted by molar-refractivity contribution is 6.04. The Morgan fingerprint density at radius 3 is 2.70 bits per heavy atom. The number of piperidine rings is 1. The number of urea groups is 1. The van der Waals surface area contributed by atoms with Crippen LogP contribution >= 0.6 is 0 Å². The normalized spacial score (nSPS) is 24.0. The second-order valence-electron chi connectivity index (χ2n) is 9.09. The third-order valence-corrected chi connectivity index (χ3v) is 6.82. The number of imide groups is 1. The number of rotatable bonds is 5. The van der Waals surface area contributed by atoms with Crippen LogP contribution in [-0.2, 0) is 22.7 Å². The zero-order valence-electron chi connectivity index (χ0n) is 18.1. The Kier molecular flexibility index (Phi) is 5.47. The molecule has 3 aliphatic heterocycles. The summed E-state index contributed by atoms with van der Waals surface area (Å²) < 4.78 is 15.2. The van der Waals surface area contributed by atoms with Gasteiger partial charge in [0.1, 0.15) is 11.9 Å². The van der Waals surface area contributed by atoms with Crippen LogP contribution in [-0.4, -0.2) is 51.3 Å². The fourth-order valence-corrected chi connectivity index (χ4v) is 5.27. The number of carbonyl (C=O) groups is 3. The van der Waals surface area contributed by atoms with Gasteiger partial charge in [-0.3, -0.25) is 19.3 Å². The molecule has 2 fully saturated rings. The Hall–Kier alpha value is -3.49. The summed E-state index contributed by atoms with van der Waals surface area (Å²) in [5.41, 5.74) is 1.50. The first kappa shape index (κ1) is 21.4. The van der Waals surface area contributed by atoms with Gasteiger partial charge in [0.25, 0.3) is 11.5 Å². The summed E-state index contributed by atoms with van der Waals surface area (Å²) in [5.74, 6) is -0.525. The molecule has 0 aliphatic carbocycles. The second-order valence-corrected chi connectivity index (χ2v) is 9.09. The number of amides is 4. The van der Waals surface area contributed by atoms with Crippen molar-refractivity contribution in [2.45, 2.75) is 44.3 Å². The van der Waals surface area contributed by atoms with Crippen LogP contribution in [0.3, 0.4) is 0 Å². The molecular formula is C24H25FN4O4. The molecule has 0 spiro atoms. The average Bonchev–Trinajstić information content (AvgIpc) is 3.05. The molecule has 9 heteroatoms. The van der Waals surface area contributed by atoms with Gasteiger partial charge in [0.05, 0.1) is 6.54 Å². The van der Waals surface area contributed by atoms with Crippen LogP contribution < -0.4 is 10.9 Å². The fraction of sp³-hybridized carbons (Fsp3) is 0.417. The molecule has 8 nitrogen and oxygen atoms in total. The van der Waals surface area contributed by atoms with Gasteiger partial charge >= 0.3 is 6.03 Å². The molecule has 1 aromatic heterocycles. The minimum absolute atomic E-state index is 0.000240. The number of nitrogens with zero attached hydrogens (tertiary/aromatic N) is 3. The zero-order valence-corrected chi connectivity index (χ0v) is 18.1. The van der Waals surface area contributed by atoms with Gasteiger partial charge < -0.3 is 14.8 Å². The monoisotopic (exact) mass is 452 g/mol. The molecule has 33 heavy (non-hydrogen) atoms. The highest BCUT2D eigenvalue weighted by Gasteiger charge is 2.39. The minimum atomic E-state index is -0.765. The fourth-order valence-electron chi connectivity index (χ4n) is 5.27. The lowest BCUT2D eigenvalue weighted by Gasteiger charge is -2.42. The van der Waals surface area contributed by atoms with Crippen molar-refractivity contribution in [2.75, 3.05) is 13.1 Å². The number of aromatic nitrogens is 1. The number of pyridine rings is 1. The number of halogens is 1. The quantitative estimate of drug-likeness (QED) is 0.701. The molecule has 1 unspecified atom stereocenters. The van der Waals surface area contributed by atoms with Crippen molar-refractivity contribution in [3.8, 4) is 0 Å². The Morgan fingerprint density at radius 1 is 1.06 bits per heavy atom. The average molecular weight is 452 g/mol. The van der Waals surface area contributed by atoms with Gasteiger partial charge in [-0.1, -0.05) is 18.2 Å². The van der Waals surface area contributed by atoms with Gasteiger partial charge in [0, 0.05) is 43.7 Å². The van der Waals surface area contributed by atoms with Crippen LogP contribution in [0.2, 0.25) is 0 Å². The molecule has 1 N–H and O–H groups in total. The smallest absolute Gasteiger partial charge is 0.325 e. The van der Waals surface area contributed by atoms with Crippen LogP contribution in [0.1, 0.15) is 36.4 Å². The van der Waals surface area contributed by atoms with Gasteiger partial charge in [-0.05, 0) is 42.5 Å². The van der Waals surface area contributed by atoms with E-state index in [0.29, 0.717) is 25.2 Å². The van der Waals surface area contributed by atoms with Crippen molar-refractivity contribution in [2.24, 2.45) is 5.92 Å². The van der Waals surface area contributed by atoms with Crippen LogP contribution in [0.5, 0.6) is 0 Å². The van der Waals surface area contributed by atoms with E-state index in [1.807, 2.05) is 15.5 Å². The van der Waals surface area contributed by atoms with Gasteiger partial charge in [-0.15, -0.1) is 0 Å². The number of hydrogen-bond donors (Lipinski definition) is 1. The first-order valence-corrected chi connectivity index (χ1v) is 11.2. The molecule has 0 saturated carbocycles. The van der Waals surface area contributed by atoms with Crippen molar-refractivity contribution in [1.29, 1.82) is 0 Å². The van der Waals surface area contributed by atoms with E-state index in [0.717, 1.165) is 17.0 Å². The second kappa shape index (κ2) is 8.46. The topological polar surface area (TPSA) is 91.7 Å². The van der Waals surface area contributed by atoms with Gasteiger partial charge in [0.15, 0.2) is 0 Å². The number of likely N-dealkylation sites (tertiary alicyclic amines) is 1. The number of carbonyl (C=O) groups excluding carboxylic acids is 3. The predicted molar refractivity (Wildman–Crippen MR) is 117 cm³/mol. The Balaban J connectivity index is 1.19. The number of fused-ring (bicyclic) bond motifs is 4. The highest BCUT2D eigenvalue weighted by Crippen LogP contribution is 2.35. The lowest BCUT2D eigenvalue weighted by atomic mass is 9.83. The number of benzene rings is 1. The van der Waals surface area contributed by atoms with Gasteiger partial charge in [-0.25, -0.2) is 9.18 Å². The summed E-state index contributed by atoms with van der Waals surface area (Å²) in [7, 11) is 0. The third kappa shape index (κ3) is 4.15. The standard InChI is InChI=1S/C24H25FN4O4/c25-18-4-1-3-15(10-18)12-29-23(32)19(26-24(29)33)7-8-21(30)27-11-16-9-17(14-27)20-5-2-6-22(31)28(20)13-16/h1-6,10,16-17,19H,7-9,11-14H2,(H,26,33)/t16-,17+,19?/m1/s1. The Morgan fingerprint density at radius 2 is 1.88 bits per heavy atom. The van der Waals surface area contributed by atoms with Crippen molar-refractivity contribution in [3.63, 3.8) is 0 Å². The Labute approximate surface area is 190 Å². The number of nitrogens with one attached hydrogen (secondary N) is 1. The third-order valence-electron chi connectivity index (χ3n) is 6.82. The van der Waals surface area contributed by atoms with Gasteiger partial charge in [-0.2, -0.15) is 0 Å². The predicted octanol–water partition coefficient (Wildman–Crippen LogP) is 1.83. The maximum Gasteiger partial charge on any atom is 0.325 e.